The Labute approximate surface area is 198 Å². The molecule has 9 heteroatoms. The van der Waals surface area contributed by atoms with E-state index in [0.29, 0.717) is 31.5 Å². The van der Waals surface area contributed by atoms with Crippen LogP contribution >= 0.6 is 0 Å². The molecule has 1 aliphatic rings. The minimum atomic E-state index is -3.68. The van der Waals surface area contributed by atoms with Gasteiger partial charge in [0.05, 0.1) is 10.9 Å². The van der Waals surface area contributed by atoms with Crippen molar-refractivity contribution in [2.24, 2.45) is 5.92 Å². The Morgan fingerprint density at radius 1 is 0.971 bits per heavy atom. The fraction of sp³-hybridized carbons (Fsp3) is 0.320. The summed E-state index contributed by atoms with van der Waals surface area (Å²) in [6.45, 7) is 1.86. The quantitative estimate of drug-likeness (QED) is 0.530. The third kappa shape index (κ3) is 5.84. The number of aromatic nitrogens is 2. The van der Waals surface area contributed by atoms with Gasteiger partial charge in [-0.15, -0.1) is 0 Å². The van der Waals surface area contributed by atoms with Crippen molar-refractivity contribution in [2.45, 2.75) is 49.6 Å². The first kappa shape index (κ1) is 24.0. The number of sulfonamides is 1. The van der Waals surface area contributed by atoms with Gasteiger partial charge >= 0.3 is 0 Å². The maximum absolute atomic E-state index is 13.1. The summed E-state index contributed by atoms with van der Waals surface area (Å²) < 4.78 is 41.6. The number of halogens is 1. The molecule has 1 fully saturated rings. The molecule has 0 saturated heterocycles. The molecule has 34 heavy (non-hydrogen) atoms. The maximum Gasteiger partial charge on any atom is 0.240 e. The second-order valence-electron chi connectivity index (χ2n) is 8.55. The van der Waals surface area contributed by atoms with E-state index in [0.717, 1.165) is 11.1 Å². The lowest BCUT2D eigenvalue weighted by molar-refractivity contribution is -0.126. The number of amides is 1. The molecule has 178 valence electrons. The van der Waals surface area contributed by atoms with Gasteiger partial charge in [0.15, 0.2) is 5.82 Å². The van der Waals surface area contributed by atoms with Crippen molar-refractivity contribution in [2.75, 3.05) is 0 Å². The van der Waals surface area contributed by atoms with Crippen LogP contribution in [0.2, 0.25) is 0 Å². The number of carbonyl (C=O) groups excluding carboxylic acids is 1. The summed E-state index contributed by atoms with van der Waals surface area (Å²) in [7, 11) is -3.68. The topological polar surface area (TPSA) is 101 Å². The van der Waals surface area contributed by atoms with Crippen molar-refractivity contribution >= 4 is 15.9 Å². The van der Waals surface area contributed by atoms with Crippen molar-refractivity contribution in [3.63, 3.8) is 0 Å². The molecule has 2 aromatic carbocycles. The van der Waals surface area contributed by atoms with Gasteiger partial charge in [-0.3, -0.25) is 4.79 Å². The number of benzene rings is 2. The predicted octanol–water partition coefficient (Wildman–Crippen LogP) is 4.00. The summed E-state index contributed by atoms with van der Waals surface area (Å²) >= 11 is 0. The smallest absolute Gasteiger partial charge is 0.240 e. The van der Waals surface area contributed by atoms with Gasteiger partial charge in [-0.25, -0.2) is 27.5 Å². The van der Waals surface area contributed by atoms with Crippen LogP contribution < -0.4 is 10.0 Å². The molecule has 1 amide bonds. The Balaban J connectivity index is 1.30. The molecule has 1 aliphatic carbocycles. The molecule has 0 aliphatic heterocycles. The van der Waals surface area contributed by atoms with E-state index in [1.807, 2.05) is 6.92 Å². The number of nitrogens with zero attached hydrogens (tertiary/aromatic N) is 2. The molecule has 7 nitrogen and oxygen atoms in total. The van der Waals surface area contributed by atoms with Gasteiger partial charge < -0.3 is 5.32 Å². The summed E-state index contributed by atoms with van der Waals surface area (Å²) in [6, 6.07) is 13.8. The van der Waals surface area contributed by atoms with Crippen LogP contribution in [0.1, 0.15) is 44.2 Å². The number of carbonyl (C=O) groups is 1. The highest BCUT2D eigenvalue weighted by molar-refractivity contribution is 7.89. The van der Waals surface area contributed by atoms with Crippen LogP contribution in [0.15, 0.2) is 71.9 Å². The van der Waals surface area contributed by atoms with E-state index in [-0.39, 0.29) is 34.6 Å². The molecule has 4 rings (SSSR count). The SMILES string of the molecule is C[C@@H](NC(=O)C1CCC(NS(=O)(=O)c2ccc(-c3ncccn3)cc2)CC1)c1ccc(F)cc1. The molecule has 3 aromatic rings. The van der Waals surface area contributed by atoms with E-state index in [9.17, 15) is 17.6 Å². The molecule has 0 bridgehead atoms. The fourth-order valence-electron chi connectivity index (χ4n) is 4.16. The van der Waals surface area contributed by atoms with Crippen molar-refractivity contribution in [3.8, 4) is 11.4 Å². The van der Waals surface area contributed by atoms with Crippen LogP contribution in [0.4, 0.5) is 4.39 Å². The largest absolute Gasteiger partial charge is 0.349 e. The Morgan fingerprint density at radius 2 is 1.59 bits per heavy atom. The second kappa shape index (κ2) is 10.4. The van der Waals surface area contributed by atoms with E-state index < -0.39 is 10.0 Å². The van der Waals surface area contributed by atoms with Crippen molar-refractivity contribution < 1.29 is 17.6 Å². The average molecular weight is 483 g/mol. The molecule has 1 saturated carbocycles. The second-order valence-corrected chi connectivity index (χ2v) is 10.3. The monoisotopic (exact) mass is 482 g/mol. The lowest BCUT2D eigenvalue weighted by Gasteiger charge is -2.29. The van der Waals surface area contributed by atoms with E-state index in [4.69, 9.17) is 0 Å². The summed E-state index contributed by atoms with van der Waals surface area (Å²) in [4.78, 5) is 21.2. The van der Waals surface area contributed by atoms with Gasteiger partial charge in [0.25, 0.3) is 0 Å². The lowest BCUT2D eigenvalue weighted by atomic mass is 9.85. The van der Waals surface area contributed by atoms with E-state index in [1.54, 1.807) is 54.9 Å². The highest BCUT2D eigenvalue weighted by atomic mass is 32.2. The van der Waals surface area contributed by atoms with Crippen LogP contribution in [-0.2, 0) is 14.8 Å². The Morgan fingerprint density at radius 3 is 2.21 bits per heavy atom. The van der Waals surface area contributed by atoms with Crippen molar-refractivity contribution in [1.29, 1.82) is 0 Å². The molecule has 0 spiro atoms. The number of hydrogen-bond acceptors (Lipinski definition) is 5. The van der Waals surface area contributed by atoms with Gasteiger partial charge in [0, 0.05) is 29.9 Å². The van der Waals surface area contributed by atoms with Crippen LogP contribution in [0, 0.1) is 11.7 Å². The van der Waals surface area contributed by atoms with E-state index in [2.05, 4.69) is 20.0 Å². The highest BCUT2D eigenvalue weighted by Gasteiger charge is 2.29. The summed E-state index contributed by atoms with van der Waals surface area (Å²) in [6.07, 6.45) is 5.62. The van der Waals surface area contributed by atoms with Gasteiger partial charge in [-0.1, -0.05) is 12.1 Å². The minimum Gasteiger partial charge on any atom is -0.349 e. The third-order valence-electron chi connectivity index (χ3n) is 6.14. The van der Waals surface area contributed by atoms with Crippen LogP contribution in [0.5, 0.6) is 0 Å². The first-order chi connectivity index (χ1) is 16.3. The number of nitrogens with one attached hydrogen (secondary N) is 2. The molecule has 2 N–H and O–H groups in total. The zero-order chi connectivity index (χ0) is 24.1. The molecular weight excluding hydrogens is 455 g/mol. The standard InChI is InChI=1S/C25H27FN4O3S/c1-17(18-3-9-21(26)10-4-18)29-25(31)20-5-11-22(12-6-20)30-34(32,33)23-13-7-19(8-14-23)24-27-15-2-16-28-24/h2-4,7-10,13-17,20,22,30H,5-6,11-12H2,1H3,(H,29,31)/t17-,20?,22?/m1/s1. The Kier molecular flexibility index (Phi) is 7.33. The van der Waals surface area contributed by atoms with Crippen LogP contribution in [0.3, 0.4) is 0 Å². The normalized spacial score (nSPS) is 19.4. The van der Waals surface area contributed by atoms with Crippen LogP contribution in [-0.4, -0.2) is 30.3 Å². The van der Waals surface area contributed by atoms with Gasteiger partial charge in [-0.2, -0.15) is 0 Å². The van der Waals surface area contributed by atoms with Gasteiger partial charge in [0.2, 0.25) is 15.9 Å². The molecule has 1 heterocycles. The zero-order valence-electron chi connectivity index (χ0n) is 18.8. The van der Waals surface area contributed by atoms with Crippen molar-refractivity contribution in [3.05, 3.63) is 78.4 Å². The van der Waals surface area contributed by atoms with Gasteiger partial charge in [-0.05, 0) is 80.6 Å². The molecule has 0 unspecified atom stereocenters. The van der Waals surface area contributed by atoms with E-state index in [1.165, 1.54) is 12.1 Å². The van der Waals surface area contributed by atoms with Crippen LogP contribution in [0.25, 0.3) is 11.4 Å². The zero-order valence-corrected chi connectivity index (χ0v) is 19.6. The summed E-state index contributed by atoms with van der Waals surface area (Å²) in [5, 5.41) is 2.98. The fourth-order valence-corrected chi connectivity index (χ4v) is 5.46. The first-order valence-corrected chi connectivity index (χ1v) is 12.8. The predicted molar refractivity (Wildman–Crippen MR) is 126 cm³/mol. The molecule has 0 radical (unpaired) electrons. The number of rotatable bonds is 7. The minimum absolute atomic E-state index is 0.0585. The Bertz CT molecular complexity index is 1210. The van der Waals surface area contributed by atoms with Crippen molar-refractivity contribution in [1.82, 2.24) is 20.0 Å². The number of hydrogen-bond donors (Lipinski definition) is 2. The first-order valence-electron chi connectivity index (χ1n) is 11.3. The third-order valence-corrected chi connectivity index (χ3v) is 7.67. The van der Waals surface area contributed by atoms with E-state index >= 15 is 0 Å². The maximum atomic E-state index is 13.1. The lowest BCUT2D eigenvalue weighted by Crippen LogP contribution is -2.41. The molecular formula is C25H27FN4O3S. The highest BCUT2D eigenvalue weighted by Crippen LogP contribution is 2.27. The summed E-state index contributed by atoms with van der Waals surface area (Å²) in [5.41, 5.74) is 1.57. The summed E-state index contributed by atoms with van der Waals surface area (Å²) in [5.74, 6) is -0.0142. The molecule has 1 aromatic heterocycles. The average Bonchev–Trinajstić information content (AvgIpc) is 2.85. The Hall–Kier alpha value is -3.17. The molecule has 1 atom stereocenters. The van der Waals surface area contributed by atoms with Gasteiger partial charge in [0.1, 0.15) is 5.82 Å².